The van der Waals surface area contributed by atoms with Gasteiger partial charge in [-0.2, -0.15) is 13.2 Å². The van der Waals surface area contributed by atoms with Crippen molar-refractivity contribution in [3.05, 3.63) is 59.5 Å². The predicted molar refractivity (Wildman–Crippen MR) is 63.6 cm³/mol. The Hall–Kier alpha value is -2.37. The molecule has 0 radical (unpaired) electrons. The summed E-state index contributed by atoms with van der Waals surface area (Å²) in [5.74, 6) is -2.41. The summed E-state index contributed by atoms with van der Waals surface area (Å²) in [7, 11) is 0. The molecule has 2 aromatic rings. The fraction of sp³-hybridized carbons (Fsp3) is 0.143. The Morgan fingerprint density at radius 1 is 1.05 bits per heavy atom. The summed E-state index contributed by atoms with van der Waals surface area (Å²) in [5, 5.41) is 0. The number of ketones is 2. The van der Waals surface area contributed by atoms with Crippen LogP contribution in [0.3, 0.4) is 0 Å². The molecular formula is C14H9F3O3. The monoisotopic (exact) mass is 282 g/mol. The van der Waals surface area contributed by atoms with E-state index in [-0.39, 0.29) is 17.7 Å². The molecule has 0 aliphatic heterocycles. The average Bonchev–Trinajstić information content (AvgIpc) is 2.91. The van der Waals surface area contributed by atoms with Crippen molar-refractivity contribution < 1.29 is 27.2 Å². The van der Waals surface area contributed by atoms with E-state index >= 15 is 0 Å². The summed E-state index contributed by atoms with van der Waals surface area (Å²) in [5.41, 5.74) is -0.490. The first-order valence-corrected chi connectivity index (χ1v) is 5.65. The molecule has 0 atom stereocenters. The van der Waals surface area contributed by atoms with Gasteiger partial charge in [0.2, 0.25) is 5.78 Å². The Morgan fingerprint density at radius 2 is 1.75 bits per heavy atom. The number of hydrogen-bond donors (Lipinski definition) is 0. The van der Waals surface area contributed by atoms with Crippen LogP contribution in [-0.2, 0) is 6.42 Å². The van der Waals surface area contributed by atoms with Gasteiger partial charge in [-0.3, -0.25) is 9.59 Å². The van der Waals surface area contributed by atoms with Crippen LogP contribution in [0.4, 0.5) is 13.2 Å². The number of hydrogen-bond acceptors (Lipinski definition) is 3. The summed E-state index contributed by atoms with van der Waals surface area (Å²) in [4.78, 5) is 23.1. The number of rotatable bonds is 4. The molecule has 0 aliphatic carbocycles. The first-order chi connectivity index (χ1) is 9.39. The second-order valence-corrected chi connectivity index (χ2v) is 4.06. The van der Waals surface area contributed by atoms with Crippen LogP contribution in [0.15, 0.2) is 47.1 Å². The molecule has 0 unspecified atom stereocenters. The Bertz CT molecular complexity index is 627. The van der Waals surface area contributed by atoms with E-state index in [1.807, 2.05) is 0 Å². The van der Waals surface area contributed by atoms with E-state index in [1.165, 1.54) is 36.6 Å². The normalized spacial score (nSPS) is 11.3. The van der Waals surface area contributed by atoms with Gasteiger partial charge in [0.05, 0.1) is 6.26 Å². The molecule has 0 bridgehead atoms. The fourth-order valence-corrected chi connectivity index (χ4v) is 1.75. The molecule has 3 nitrogen and oxygen atoms in total. The lowest BCUT2D eigenvalue weighted by Crippen LogP contribution is -2.24. The van der Waals surface area contributed by atoms with Crippen molar-refractivity contribution in [2.75, 3.05) is 0 Å². The number of carbonyl (C=O) groups is 2. The van der Waals surface area contributed by atoms with Gasteiger partial charge in [-0.05, 0) is 17.7 Å². The van der Waals surface area contributed by atoms with Crippen LogP contribution in [0.5, 0.6) is 0 Å². The van der Waals surface area contributed by atoms with Gasteiger partial charge in [-0.1, -0.05) is 24.3 Å². The van der Waals surface area contributed by atoms with Crippen molar-refractivity contribution in [1.82, 2.24) is 0 Å². The van der Waals surface area contributed by atoms with Crippen molar-refractivity contribution >= 4 is 11.6 Å². The molecule has 2 rings (SSSR count). The molecule has 0 saturated heterocycles. The fourth-order valence-electron chi connectivity index (χ4n) is 1.75. The molecule has 1 heterocycles. The lowest BCUT2D eigenvalue weighted by atomic mass is 9.98. The van der Waals surface area contributed by atoms with Gasteiger partial charge >= 0.3 is 6.18 Å². The average molecular weight is 282 g/mol. The zero-order chi connectivity index (χ0) is 14.8. The van der Waals surface area contributed by atoms with Gasteiger partial charge in [0.1, 0.15) is 0 Å². The second-order valence-electron chi connectivity index (χ2n) is 4.06. The van der Waals surface area contributed by atoms with E-state index in [4.69, 9.17) is 4.42 Å². The molecule has 1 aromatic heterocycles. The highest BCUT2D eigenvalue weighted by Crippen LogP contribution is 2.24. The third kappa shape index (κ3) is 2.96. The maximum absolute atomic E-state index is 12.5. The van der Waals surface area contributed by atoms with Gasteiger partial charge in [0, 0.05) is 12.0 Å². The van der Waals surface area contributed by atoms with Crippen molar-refractivity contribution in [2.24, 2.45) is 0 Å². The largest absolute Gasteiger partial charge is 0.461 e. The Balaban J connectivity index is 2.29. The van der Waals surface area contributed by atoms with Gasteiger partial charge in [-0.25, -0.2) is 0 Å². The minimum Gasteiger partial charge on any atom is -0.461 e. The van der Waals surface area contributed by atoms with E-state index in [1.54, 1.807) is 0 Å². The molecule has 0 saturated carbocycles. The molecular weight excluding hydrogens is 273 g/mol. The van der Waals surface area contributed by atoms with Gasteiger partial charge in [0.25, 0.3) is 5.78 Å². The lowest BCUT2D eigenvalue weighted by molar-refractivity contribution is -0.0885. The number of alkyl halides is 3. The predicted octanol–water partition coefficient (Wildman–Crippen LogP) is 3.45. The van der Waals surface area contributed by atoms with Crippen molar-refractivity contribution in [3.8, 4) is 0 Å². The summed E-state index contributed by atoms with van der Waals surface area (Å²) in [6.45, 7) is 0. The molecule has 6 heteroatoms. The maximum Gasteiger partial charge on any atom is 0.454 e. The summed E-state index contributed by atoms with van der Waals surface area (Å²) < 4.78 is 42.3. The molecule has 0 spiro atoms. The summed E-state index contributed by atoms with van der Waals surface area (Å²) in [6.07, 6.45) is -4.00. The highest BCUT2D eigenvalue weighted by Gasteiger charge is 2.40. The molecule has 0 amide bonds. The molecule has 20 heavy (non-hydrogen) atoms. The second kappa shape index (κ2) is 5.32. The number of furan rings is 1. The summed E-state index contributed by atoms with van der Waals surface area (Å²) >= 11 is 0. The van der Waals surface area contributed by atoms with Crippen molar-refractivity contribution in [1.29, 1.82) is 0 Å². The molecule has 0 fully saturated rings. The number of carbonyl (C=O) groups excluding carboxylic acids is 2. The van der Waals surface area contributed by atoms with Crippen LogP contribution in [0.25, 0.3) is 0 Å². The van der Waals surface area contributed by atoms with Gasteiger partial charge < -0.3 is 4.42 Å². The van der Waals surface area contributed by atoms with Crippen LogP contribution in [0.1, 0.15) is 26.5 Å². The van der Waals surface area contributed by atoms with Crippen LogP contribution < -0.4 is 0 Å². The topological polar surface area (TPSA) is 47.3 Å². The Kier molecular flexibility index (Phi) is 3.74. The number of Topliss-reactive ketones (excluding diaryl/α,β-unsaturated/α-hetero) is 2. The van der Waals surface area contributed by atoms with Crippen LogP contribution >= 0.6 is 0 Å². The lowest BCUT2D eigenvalue weighted by Gasteiger charge is -2.09. The first-order valence-electron chi connectivity index (χ1n) is 5.65. The van der Waals surface area contributed by atoms with Gasteiger partial charge in [0.15, 0.2) is 5.76 Å². The van der Waals surface area contributed by atoms with E-state index in [2.05, 4.69) is 0 Å². The van der Waals surface area contributed by atoms with E-state index in [0.717, 1.165) is 6.07 Å². The summed E-state index contributed by atoms with van der Waals surface area (Å²) in [6, 6.07) is 8.08. The quantitative estimate of drug-likeness (QED) is 0.807. The van der Waals surface area contributed by atoms with Gasteiger partial charge in [-0.15, -0.1) is 0 Å². The van der Waals surface area contributed by atoms with Crippen LogP contribution in [-0.4, -0.2) is 17.7 Å². The van der Waals surface area contributed by atoms with Crippen LogP contribution in [0, 0.1) is 0 Å². The Labute approximate surface area is 112 Å². The molecule has 0 N–H and O–H groups in total. The zero-order valence-electron chi connectivity index (χ0n) is 10.1. The van der Waals surface area contributed by atoms with Crippen molar-refractivity contribution in [2.45, 2.75) is 12.6 Å². The van der Waals surface area contributed by atoms with E-state index < -0.39 is 23.3 Å². The maximum atomic E-state index is 12.5. The van der Waals surface area contributed by atoms with E-state index in [9.17, 15) is 22.8 Å². The SMILES string of the molecule is O=C(Cc1ccccc1C(=O)C(F)(F)F)c1ccco1. The third-order valence-electron chi connectivity index (χ3n) is 2.67. The zero-order valence-corrected chi connectivity index (χ0v) is 10.1. The minimum atomic E-state index is -4.97. The third-order valence-corrected chi connectivity index (χ3v) is 2.67. The number of halogens is 3. The minimum absolute atomic E-state index is 0.0243. The Morgan fingerprint density at radius 3 is 2.35 bits per heavy atom. The van der Waals surface area contributed by atoms with E-state index in [0.29, 0.717) is 0 Å². The van der Waals surface area contributed by atoms with Crippen molar-refractivity contribution in [3.63, 3.8) is 0 Å². The molecule has 1 aromatic carbocycles. The van der Waals surface area contributed by atoms with Crippen LogP contribution in [0.2, 0.25) is 0 Å². The molecule has 0 aliphatic rings. The molecule has 104 valence electrons. The highest BCUT2D eigenvalue weighted by molar-refractivity contribution is 6.03. The smallest absolute Gasteiger partial charge is 0.454 e. The standard InChI is InChI=1S/C14H9F3O3/c15-14(16,17)13(19)10-5-2-1-4-9(10)8-11(18)12-6-3-7-20-12/h1-7H,8H2. The highest BCUT2D eigenvalue weighted by atomic mass is 19.4. The number of benzene rings is 1. The first kappa shape index (κ1) is 14.0.